The predicted octanol–water partition coefficient (Wildman–Crippen LogP) is 2.20. The van der Waals surface area contributed by atoms with E-state index in [0.717, 1.165) is 19.1 Å². The van der Waals surface area contributed by atoms with Gasteiger partial charge < -0.3 is 10.1 Å². The van der Waals surface area contributed by atoms with Crippen LogP contribution in [0.5, 0.6) is 0 Å². The molecular weight excluding hydrogens is 273 g/mol. The molecule has 1 aliphatic rings. The number of rotatable bonds is 3. The van der Waals surface area contributed by atoms with Gasteiger partial charge in [0.05, 0.1) is 6.61 Å². The first-order valence-corrected chi connectivity index (χ1v) is 6.27. The van der Waals surface area contributed by atoms with Crippen LogP contribution in [0.1, 0.15) is 12.1 Å². The lowest BCUT2D eigenvalue weighted by atomic mass is 10.1. The van der Waals surface area contributed by atoms with Crippen LogP contribution >= 0.6 is 0 Å². The lowest BCUT2D eigenvalue weighted by Gasteiger charge is -2.10. The molecule has 1 unspecified atom stereocenters. The number of halogens is 3. The van der Waals surface area contributed by atoms with Gasteiger partial charge in [-0.05, 0) is 6.42 Å². The Labute approximate surface area is 112 Å². The molecule has 3 rings (SSSR count). The van der Waals surface area contributed by atoms with E-state index in [1.165, 1.54) is 16.9 Å². The monoisotopic (exact) mass is 286 g/mol. The maximum Gasteiger partial charge on any atom is 0.435 e. The van der Waals surface area contributed by atoms with Gasteiger partial charge in [0.2, 0.25) is 0 Å². The summed E-state index contributed by atoms with van der Waals surface area (Å²) in [6, 6.07) is 1.00. The molecule has 1 saturated heterocycles. The molecule has 1 N–H and O–H groups in total. The van der Waals surface area contributed by atoms with Gasteiger partial charge in [0.15, 0.2) is 11.5 Å². The molecule has 0 spiro atoms. The smallest absolute Gasteiger partial charge is 0.381 e. The van der Waals surface area contributed by atoms with Crippen LogP contribution in [0.2, 0.25) is 0 Å². The van der Waals surface area contributed by atoms with Crippen LogP contribution in [0.3, 0.4) is 0 Å². The van der Waals surface area contributed by atoms with Crippen LogP contribution in [0, 0.1) is 5.92 Å². The Morgan fingerprint density at radius 3 is 3.00 bits per heavy atom. The zero-order chi connectivity index (χ0) is 14.2. The third-order valence-corrected chi connectivity index (χ3v) is 3.26. The van der Waals surface area contributed by atoms with Crippen molar-refractivity contribution in [3.05, 3.63) is 24.2 Å². The molecule has 20 heavy (non-hydrogen) atoms. The zero-order valence-electron chi connectivity index (χ0n) is 10.5. The molecule has 0 amide bonds. The Kier molecular flexibility index (Phi) is 3.25. The van der Waals surface area contributed by atoms with Gasteiger partial charge in [-0.15, -0.1) is 0 Å². The fourth-order valence-electron chi connectivity index (χ4n) is 2.18. The van der Waals surface area contributed by atoms with Crippen molar-refractivity contribution in [2.24, 2.45) is 5.92 Å². The van der Waals surface area contributed by atoms with Gasteiger partial charge in [-0.1, -0.05) is 0 Å². The standard InChI is InChI=1S/C12H13F3N4O/c13-12(14,15)10-5-9-11(16-2-3-19(9)18-10)17-6-8-1-4-20-7-8/h2-3,5,8H,1,4,6-7H2,(H,16,17). The molecule has 0 saturated carbocycles. The van der Waals surface area contributed by atoms with Crippen molar-refractivity contribution < 1.29 is 17.9 Å². The number of ether oxygens (including phenoxy) is 1. The van der Waals surface area contributed by atoms with Crippen molar-refractivity contribution in [1.29, 1.82) is 0 Å². The van der Waals surface area contributed by atoms with E-state index in [2.05, 4.69) is 15.4 Å². The third kappa shape index (κ3) is 2.55. The second kappa shape index (κ2) is 4.93. The summed E-state index contributed by atoms with van der Waals surface area (Å²) in [6.07, 6.45) is -0.687. The highest BCUT2D eigenvalue weighted by Crippen LogP contribution is 2.30. The molecular formula is C12H13F3N4O. The highest BCUT2D eigenvalue weighted by Gasteiger charge is 2.34. The van der Waals surface area contributed by atoms with E-state index < -0.39 is 11.9 Å². The average molecular weight is 286 g/mol. The molecule has 5 nitrogen and oxygen atoms in total. The second-order valence-corrected chi connectivity index (χ2v) is 4.74. The summed E-state index contributed by atoms with van der Waals surface area (Å²) in [4.78, 5) is 4.08. The van der Waals surface area contributed by atoms with Gasteiger partial charge in [0, 0.05) is 37.5 Å². The number of nitrogens with zero attached hydrogens (tertiary/aromatic N) is 3. The number of aromatic nitrogens is 3. The van der Waals surface area contributed by atoms with E-state index in [1.54, 1.807) is 0 Å². The maximum atomic E-state index is 12.7. The molecule has 0 radical (unpaired) electrons. The summed E-state index contributed by atoms with van der Waals surface area (Å²) in [6.45, 7) is 2.03. The van der Waals surface area contributed by atoms with Crippen LogP contribution in [-0.2, 0) is 10.9 Å². The minimum Gasteiger partial charge on any atom is -0.381 e. The van der Waals surface area contributed by atoms with Crippen LogP contribution in [0.15, 0.2) is 18.5 Å². The van der Waals surface area contributed by atoms with E-state index in [4.69, 9.17) is 4.74 Å². The Bertz CT molecular complexity index is 604. The summed E-state index contributed by atoms with van der Waals surface area (Å²) in [5.41, 5.74) is -0.600. The molecule has 0 aromatic carbocycles. The van der Waals surface area contributed by atoms with Gasteiger partial charge in [-0.3, -0.25) is 0 Å². The third-order valence-electron chi connectivity index (χ3n) is 3.26. The molecule has 0 aliphatic carbocycles. The summed E-state index contributed by atoms with van der Waals surface area (Å²) in [5.74, 6) is 0.768. The minimum absolute atomic E-state index is 0.318. The Balaban J connectivity index is 1.84. The van der Waals surface area contributed by atoms with Crippen LogP contribution in [0.25, 0.3) is 5.52 Å². The molecule has 1 aliphatic heterocycles. The van der Waals surface area contributed by atoms with Gasteiger partial charge in [-0.2, -0.15) is 18.3 Å². The summed E-state index contributed by atoms with van der Waals surface area (Å²) < 4.78 is 44.4. The van der Waals surface area contributed by atoms with Crippen LogP contribution < -0.4 is 5.32 Å². The van der Waals surface area contributed by atoms with E-state index in [-0.39, 0.29) is 0 Å². The molecule has 2 aromatic rings. The van der Waals surface area contributed by atoms with Crippen molar-refractivity contribution in [3.63, 3.8) is 0 Å². The van der Waals surface area contributed by atoms with Gasteiger partial charge >= 0.3 is 6.18 Å². The molecule has 108 valence electrons. The summed E-state index contributed by atoms with van der Waals surface area (Å²) >= 11 is 0. The number of nitrogens with one attached hydrogen (secondary N) is 1. The number of anilines is 1. The number of fused-ring (bicyclic) bond motifs is 1. The Morgan fingerprint density at radius 2 is 2.30 bits per heavy atom. The van der Waals surface area contributed by atoms with Crippen molar-refractivity contribution in [1.82, 2.24) is 14.6 Å². The molecule has 1 atom stereocenters. The lowest BCUT2D eigenvalue weighted by Crippen LogP contribution is -2.15. The molecule has 0 bridgehead atoms. The normalized spacial score (nSPS) is 19.6. The largest absolute Gasteiger partial charge is 0.435 e. The first-order chi connectivity index (χ1) is 9.54. The van der Waals surface area contributed by atoms with E-state index in [9.17, 15) is 13.2 Å². The van der Waals surface area contributed by atoms with Crippen molar-refractivity contribution in [2.75, 3.05) is 25.1 Å². The predicted molar refractivity (Wildman–Crippen MR) is 65.4 cm³/mol. The SMILES string of the molecule is FC(F)(F)c1cc2c(NCC3CCOC3)nccn2n1. The number of hydrogen-bond donors (Lipinski definition) is 1. The average Bonchev–Trinajstić information content (AvgIpc) is 3.04. The van der Waals surface area contributed by atoms with E-state index in [0.29, 0.717) is 30.4 Å². The second-order valence-electron chi connectivity index (χ2n) is 4.74. The summed E-state index contributed by atoms with van der Waals surface area (Å²) in [5, 5.41) is 6.59. The Morgan fingerprint density at radius 1 is 1.45 bits per heavy atom. The van der Waals surface area contributed by atoms with Crippen molar-refractivity contribution in [2.45, 2.75) is 12.6 Å². The fourth-order valence-corrected chi connectivity index (χ4v) is 2.18. The summed E-state index contributed by atoms with van der Waals surface area (Å²) in [7, 11) is 0. The van der Waals surface area contributed by atoms with Crippen LogP contribution in [-0.4, -0.2) is 34.4 Å². The lowest BCUT2D eigenvalue weighted by molar-refractivity contribution is -0.141. The van der Waals surface area contributed by atoms with Crippen molar-refractivity contribution >= 4 is 11.3 Å². The number of hydrogen-bond acceptors (Lipinski definition) is 4. The van der Waals surface area contributed by atoms with Gasteiger partial charge in [0.1, 0.15) is 5.52 Å². The molecule has 8 heteroatoms. The van der Waals surface area contributed by atoms with Gasteiger partial charge in [-0.25, -0.2) is 9.50 Å². The van der Waals surface area contributed by atoms with E-state index >= 15 is 0 Å². The van der Waals surface area contributed by atoms with E-state index in [1.807, 2.05) is 0 Å². The topological polar surface area (TPSA) is 51.5 Å². The molecule has 2 aromatic heterocycles. The number of alkyl halides is 3. The maximum absolute atomic E-state index is 12.7. The van der Waals surface area contributed by atoms with Crippen LogP contribution in [0.4, 0.5) is 19.0 Å². The Hall–Kier alpha value is -1.83. The first kappa shape index (κ1) is 13.2. The molecule has 3 heterocycles. The quantitative estimate of drug-likeness (QED) is 0.939. The first-order valence-electron chi connectivity index (χ1n) is 6.27. The minimum atomic E-state index is -4.46. The fraction of sp³-hybridized carbons (Fsp3) is 0.500. The highest BCUT2D eigenvalue weighted by atomic mass is 19.4. The molecule has 1 fully saturated rings. The highest BCUT2D eigenvalue weighted by molar-refractivity contribution is 5.67. The van der Waals surface area contributed by atoms with Gasteiger partial charge in [0.25, 0.3) is 0 Å². The zero-order valence-corrected chi connectivity index (χ0v) is 10.5. The van der Waals surface area contributed by atoms with Crippen molar-refractivity contribution in [3.8, 4) is 0 Å².